The average Bonchev–Trinajstić information content (AvgIpc) is 3.46. The van der Waals surface area contributed by atoms with Crippen molar-refractivity contribution in [1.82, 2.24) is 15.3 Å². The van der Waals surface area contributed by atoms with E-state index in [0.717, 1.165) is 42.1 Å². The number of anilines is 1. The molecular formula is C19H28N6. The van der Waals surface area contributed by atoms with E-state index in [2.05, 4.69) is 20.6 Å². The highest BCUT2D eigenvalue weighted by Crippen LogP contribution is 2.36. The van der Waals surface area contributed by atoms with Crippen LogP contribution in [0.2, 0.25) is 0 Å². The number of nitrogens with two attached hydrogens (primary N) is 1. The molecule has 0 saturated heterocycles. The van der Waals surface area contributed by atoms with Gasteiger partial charge in [-0.15, -0.1) is 0 Å². The van der Waals surface area contributed by atoms with E-state index in [9.17, 15) is 0 Å². The number of nitrogens with one attached hydrogen (secondary N) is 2. The third kappa shape index (κ3) is 3.54. The molecule has 0 aromatic carbocycles. The van der Waals surface area contributed by atoms with Gasteiger partial charge in [0.15, 0.2) is 5.79 Å². The molecule has 1 aromatic rings. The van der Waals surface area contributed by atoms with Crippen LogP contribution in [-0.2, 0) is 6.42 Å². The number of nitrogens with zero attached hydrogens (tertiary/aromatic N) is 3. The third-order valence-corrected chi connectivity index (χ3v) is 5.65. The smallest absolute Gasteiger partial charge is 0.222 e. The van der Waals surface area contributed by atoms with E-state index >= 15 is 0 Å². The van der Waals surface area contributed by atoms with Crippen molar-refractivity contribution in [1.29, 1.82) is 0 Å². The summed E-state index contributed by atoms with van der Waals surface area (Å²) in [5.41, 5.74) is 9.84. The molecule has 0 spiro atoms. The minimum Gasteiger partial charge on any atom is -0.357 e. The van der Waals surface area contributed by atoms with Crippen molar-refractivity contribution in [3.05, 3.63) is 23.5 Å². The second-order valence-corrected chi connectivity index (χ2v) is 7.60. The van der Waals surface area contributed by atoms with E-state index in [0.29, 0.717) is 11.9 Å². The maximum absolute atomic E-state index is 6.68. The van der Waals surface area contributed by atoms with Gasteiger partial charge in [-0.05, 0) is 44.1 Å². The number of hydrogen-bond donors (Lipinski definition) is 3. The van der Waals surface area contributed by atoms with Crippen LogP contribution in [0.25, 0.3) is 5.70 Å². The topological polar surface area (TPSA) is 88.2 Å². The quantitative estimate of drug-likeness (QED) is 0.767. The first-order valence-electron chi connectivity index (χ1n) is 9.54. The Morgan fingerprint density at radius 1 is 1.24 bits per heavy atom. The molecule has 2 fully saturated rings. The van der Waals surface area contributed by atoms with Crippen molar-refractivity contribution in [3.8, 4) is 0 Å². The Morgan fingerprint density at radius 2 is 2.04 bits per heavy atom. The number of allylic oxidation sites excluding steroid dienone is 1. The monoisotopic (exact) mass is 340 g/mol. The molecule has 134 valence electrons. The molecule has 0 radical (unpaired) electrons. The van der Waals surface area contributed by atoms with Crippen molar-refractivity contribution in [2.24, 2.45) is 22.6 Å². The van der Waals surface area contributed by atoms with Crippen LogP contribution in [-0.4, -0.2) is 29.0 Å². The third-order valence-electron chi connectivity index (χ3n) is 5.65. The van der Waals surface area contributed by atoms with Crippen LogP contribution in [0, 0.1) is 11.8 Å². The first-order chi connectivity index (χ1) is 12.2. The van der Waals surface area contributed by atoms with Crippen LogP contribution in [0.4, 0.5) is 5.95 Å². The Bertz CT molecular complexity index is 687. The molecule has 6 heteroatoms. The lowest BCUT2D eigenvalue weighted by molar-refractivity contribution is 0.193. The van der Waals surface area contributed by atoms with E-state index in [1.807, 2.05) is 25.5 Å². The largest absolute Gasteiger partial charge is 0.357 e. The number of rotatable bonds is 5. The minimum absolute atomic E-state index is 0.380. The van der Waals surface area contributed by atoms with Gasteiger partial charge < -0.3 is 10.6 Å². The van der Waals surface area contributed by atoms with Crippen LogP contribution in [0.15, 0.2) is 17.3 Å². The maximum Gasteiger partial charge on any atom is 0.222 e. The highest BCUT2D eigenvalue weighted by atomic mass is 15.3. The number of aromatic nitrogens is 2. The molecule has 4 rings (SSSR count). The number of aliphatic imine (C=N–C) groups is 1. The zero-order valence-corrected chi connectivity index (χ0v) is 15.0. The standard InChI is InChI=1S/C19H28N6/c1-21-18-22-12-15(17(24-18)11-13-7-8-13)16-9-10-23-19(20,25-16)14-5-3-2-4-6-14/h9-10,12-14,25H,2-8,11,20H2,1H3,(H,21,22,24). The summed E-state index contributed by atoms with van der Waals surface area (Å²) in [5, 5.41) is 6.57. The Kier molecular flexibility index (Phi) is 4.46. The molecule has 25 heavy (non-hydrogen) atoms. The van der Waals surface area contributed by atoms with Gasteiger partial charge in [-0.1, -0.05) is 19.3 Å². The fourth-order valence-electron chi connectivity index (χ4n) is 3.95. The van der Waals surface area contributed by atoms with Gasteiger partial charge in [0, 0.05) is 36.6 Å². The molecule has 0 bridgehead atoms. The summed E-state index contributed by atoms with van der Waals surface area (Å²) in [5.74, 6) is 1.11. The van der Waals surface area contributed by atoms with Crippen LogP contribution >= 0.6 is 0 Å². The summed E-state index contributed by atoms with van der Waals surface area (Å²) >= 11 is 0. The first-order valence-corrected chi connectivity index (χ1v) is 9.54. The molecular weight excluding hydrogens is 312 g/mol. The Labute approximate surface area is 149 Å². The highest BCUT2D eigenvalue weighted by molar-refractivity contribution is 5.86. The molecule has 1 aliphatic heterocycles. The van der Waals surface area contributed by atoms with Gasteiger partial charge in [-0.25, -0.2) is 9.97 Å². The lowest BCUT2D eigenvalue weighted by Crippen LogP contribution is -2.58. The minimum atomic E-state index is -0.705. The van der Waals surface area contributed by atoms with E-state index < -0.39 is 5.79 Å². The maximum atomic E-state index is 6.68. The van der Waals surface area contributed by atoms with Gasteiger partial charge in [0.05, 0.1) is 5.69 Å². The van der Waals surface area contributed by atoms with Crippen molar-refractivity contribution >= 4 is 17.9 Å². The predicted octanol–water partition coefficient (Wildman–Crippen LogP) is 2.68. The molecule has 2 aliphatic carbocycles. The second-order valence-electron chi connectivity index (χ2n) is 7.60. The molecule has 3 aliphatic rings. The van der Waals surface area contributed by atoms with Crippen molar-refractivity contribution in [2.45, 2.75) is 57.2 Å². The van der Waals surface area contributed by atoms with E-state index in [1.54, 1.807) is 0 Å². The SMILES string of the molecule is CNc1ncc(C2=CC=NC(N)(C3CCCCC3)N2)c(CC2CC2)n1. The molecule has 2 heterocycles. The summed E-state index contributed by atoms with van der Waals surface area (Å²) in [6, 6.07) is 0. The Morgan fingerprint density at radius 3 is 2.76 bits per heavy atom. The first kappa shape index (κ1) is 16.5. The molecule has 6 nitrogen and oxygen atoms in total. The van der Waals surface area contributed by atoms with E-state index in [4.69, 9.17) is 10.7 Å². The predicted molar refractivity (Wildman–Crippen MR) is 101 cm³/mol. The lowest BCUT2D eigenvalue weighted by atomic mass is 9.83. The molecule has 1 unspecified atom stereocenters. The van der Waals surface area contributed by atoms with Crippen LogP contribution in [0.1, 0.15) is 56.2 Å². The van der Waals surface area contributed by atoms with E-state index in [-0.39, 0.29) is 0 Å². The Balaban J connectivity index is 1.60. The normalized spacial score (nSPS) is 26.9. The van der Waals surface area contributed by atoms with Gasteiger partial charge in [0.2, 0.25) is 5.95 Å². The Hall–Kier alpha value is -1.95. The van der Waals surface area contributed by atoms with Crippen molar-refractivity contribution < 1.29 is 0 Å². The van der Waals surface area contributed by atoms with Gasteiger partial charge in [-0.2, -0.15) is 0 Å². The second kappa shape index (κ2) is 6.75. The molecule has 2 saturated carbocycles. The summed E-state index contributed by atoms with van der Waals surface area (Å²) in [4.78, 5) is 13.8. The fourth-order valence-corrected chi connectivity index (χ4v) is 3.95. The summed E-state index contributed by atoms with van der Waals surface area (Å²) in [6.07, 6.45) is 15.4. The summed E-state index contributed by atoms with van der Waals surface area (Å²) in [6.45, 7) is 0. The zero-order valence-electron chi connectivity index (χ0n) is 15.0. The van der Waals surface area contributed by atoms with Gasteiger partial charge in [-0.3, -0.25) is 10.7 Å². The van der Waals surface area contributed by atoms with Gasteiger partial charge >= 0.3 is 0 Å². The summed E-state index contributed by atoms with van der Waals surface area (Å²) in [7, 11) is 1.86. The molecule has 1 aromatic heterocycles. The molecule has 0 amide bonds. The van der Waals surface area contributed by atoms with Gasteiger partial charge in [0.1, 0.15) is 0 Å². The van der Waals surface area contributed by atoms with Crippen LogP contribution < -0.4 is 16.4 Å². The zero-order chi connectivity index (χ0) is 17.3. The highest BCUT2D eigenvalue weighted by Gasteiger charge is 2.37. The number of hydrogen-bond acceptors (Lipinski definition) is 6. The van der Waals surface area contributed by atoms with Crippen LogP contribution in [0.5, 0.6) is 0 Å². The molecule has 4 N–H and O–H groups in total. The lowest BCUT2D eigenvalue weighted by Gasteiger charge is -2.39. The molecule has 1 atom stereocenters. The van der Waals surface area contributed by atoms with Crippen molar-refractivity contribution in [2.75, 3.05) is 12.4 Å². The summed E-state index contributed by atoms with van der Waals surface area (Å²) < 4.78 is 0. The average molecular weight is 340 g/mol. The van der Waals surface area contributed by atoms with Crippen LogP contribution in [0.3, 0.4) is 0 Å². The van der Waals surface area contributed by atoms with E-state index in [1.165, 1.54) is 32.1 Å². The fraction of sp³-hybridized carbons (Fsp3) is 0.632. The van der Waals surface area contributed by atoms with Gasteiger partial charge in [0.25, 0.3) is 0 Å². The van der Waals surface area contributed by atoms with Crippen molar-refractivity contribution in [3.63, 3.8) is 0 Å².